The van der Waals surface area contributed by atoms with Crippen molar-refractivity contribution in [2.45, 2.75) is 18.4 Å². The topological polar surface area (TPSA) is 88.5 Å². The van der Waals surface area contributed by atoms with Crippen LogP contribution in [0.1, 0.15) is 12.1 Å². The van der Waals surface area contributed by atoms with E-state index in [4.69, 9.17) is 16.3 Å². The molecule has 126 valence electrons. The molecule has 8 heteroatoms. The molecule has 1 atom stereocenters. The smallest absolute Gasteiger partial charge is 0.331 e. The number of benzene rings is 1. The van der Waals surface area contributed by atoms with Crippen molar-refractivity contribution in [3.8, 4) is 10.6 Å². The first-order valence-electron chi connectivity index (χ1n) is 7.32. The lowest BCUT2D eigenvalue weighted by Gasteiger charge is -2.23. The van der Waals surface area contributed by atoms with Gasteiger partial charge < -0.3 is 15.2 Å². The molecule has 1 fully saturated rings. The van der Waals surface area contributed by atoms with Gasteiger partial charge in [0.2, 0.25) is 5.91 Å². The van der Waals surface area contributed by atoms with Crippen LogP contribution in [0.25, 0.3) is 10.6 Å². The van der Waals surface area contributed by atoms with Gasteiger partial charge in [0.15, 0.2) is 5.54 Å². The number of rotatable bonds is 5. The molecule has 2 N–H and O–H groups in total. The second-order valence-corrected chi connectivity index (χ2v) is 6.80. The Labute approximate surface area is 147 Å². The Morgan fingerprint density at radius 1 is 1.42 bits per heavy atom. The third kappa shape index (κ3) is 3.43. The van der Waals surface area contributed by atoms with Crippen LogP contribution in [0, 0.1) is 0 Å². The molecular weight excluding hydrogens is 352 g/mol. The number of thiazole rings is 1. The van der Waals surface area contributed by atoms with Gasteiger partial charge >= 0.3 is 5.97 Å². The fraction of sp³-hybridized carbons (Fsp3) is 0.312. The zero-order chi connectivity index (χ0) is 17.2. The van der Waals surface area contributed by atoms with E-state index in [0.29, 0.717) is 17.3 Å². The number of halogens is 1. The van der Waals surface area contributed by atoms with Crippen LogP contribution in [0.5, 0.6) is 0 Å². The minimum atomic E-state index is -1.33. The van der Waals surface area contributed by atoms with Crippen LogP contribution < -0.4 is 5.32 Å². The van der Waals surface area contributed by atoms with Gasteiger partial charge in [-0.1, -0.05) is 29.8 Å². The van der Waals surface area contributed by atoms with Crippen molar-refractivity contribution in [3.05, 3.63) is 40.4 Å². The fourth-order valence-corrected chi connectivity index (χ4v) is 3.65. The summed E-state index contributed by atoms with van der Waals surface area (Å²) < 4.78 is 5.12. The van der Waals surface area contributed by atoms with E-state index in [1.54, 1.807) is 11.4 Å². The van der Waals surface area contributed by atoms with E-state index in [1.807, 2.05) is 18.2 Å². The van der Waals surface area contributed by atoms with Gasteiger partial charge in [-0.3, -0.25) is 4.79 Å². The number of carbonyl (C=O) groups is 2. The first-order chi connectivity index (χ1) is 11.5. The van der Waals surface area contributed by atoms with Gasteiger partial charge in [-0.25, -0.2) is 9.78 Å². The lowest BCUT2D eigenvalue weighted by atomic mass is 9.99. The van der Waals surface area contributed by atoms with Crippen molar-refractivity contribution in [2.24, 2.45) is 0 Å². The van der Waals surface area contributed by atoms with Crippen LogP contribution in [0.3, 0.4) is 0 Å². The Bertz CT molecular complexity index is 771. The van der Waals surface area contributed by atoms with E-state index >= 15 is 0 Å². The number of nitrogens with one attached hydrogen (secondary N) is 1. The molecule has 6 nitrogen and oxygen atoms in total. The number of carbonyl (C=O) groups excluding carboxylic acids is 1. The SMILES string of the molecule is O=C(Cc1csc(-c2ccccc2Cl)n1)NC1(C(=O)O)CCOC1. The normalized spacial score (nSPS) is 20.0. The highest BCUT2D eigenvalue weighted by Crippen LogP contribution is 2.30. The van der Waals surface area contributed by atoms with Gasteiger partial charge in [-0.2, -0.15) is 0 Å². The number of aliphatic carboxylic acids is 1. The van der Waals surface area contributed by atoms with Gasteiger partial charge in [0.1, 0.15) is 5.01 Å². The van der Waals surface area contributed by atoms with Crippen LogP contribution in [-0.4, -0.2) is 40.7 Å². The Hall–Kier alpha value is -1.96. The lowest BCUT2D eigenvalue weighted by Crippen LogP contribution is -2.55. The first kappa shape index (κ1) is 16.9. The number of ether oxygens (including phenoxy) is 1. The van der Waals surface area contributed by atoms with Crippen LogP contribution in [0.15, 0.2) is 29.6 Å². The van der Waals surface area contributed by atoms with Crippen LogP contribution in [0.2, 0.25) is 5.02 Å². The summed E-state index contributed by atoms with van der Waals surface area (Å²) in [5, 5.41) is 15.0. The maximum absolute atomic E-state index is 12.2. The highest BCUT2D eigenvalue weighted by atomic mass is 35.5. The second kappa shape index (κ2) is 6.88. The van der Waals surface area contributed by atoms with Crippen molar-refractivity contribution in [2.75, 3.05) is 13.2 Å². The summed E-state index contributed by atoms with van der Waals surface area (Å²) in [7, 11) is 0. The van der Waals surface area contributed by atoms with Crippen LogP contribution in [-0.2, 0) is 20.7 Å². The van der Waals surface area contributed by atoms with Crippen molar-refractivity contribution >= 4 is 34.8 Å². The molecule has 1 aliphatic heterocycles. The molecule has 1 aliphatic rings. The summed E-state index contributed by atoms with van der Waals surface area (Å²) in [6.07, 6.45) is 0.270. The van der Waals surface area contributed by atoms with Gasteiger partial charge in [-0.05, 0) is 6.07 Å². The van der Waals surface area contributed by atoms with E-state index in [1.165, 1.54) is 11.3 Å². The highest BCUT2D eigenvalue weighted by molar-refractivity contribution is 7.13. The van der Waals surface area contributed by atoms with E-state index in [9.17, 15) is 14.7 Å². The Kier molecular flexibility index (Phi) is 4.84. The molecule has 2 heterocycles. The van der Waals surface area contributed by atoms with Crippen molar-refractivity contribution < 1.29 is 19.4 Å². The summed E-state index contributed by atoms with van der Waals surface area (Å²) in [6, 6.07) is 7.34. The van der Waals surface area contributed by atoms with Crippen molar-refractivity contribution in [1.29, 1.82) is 0 Å². The summed E-state index contributed by atoms with van der Waals surface area (Å²) in [4.78, 5) is 28.0. The van der Waals surface area contributed by atoms with E-state index in [2.05, 4.69) is 10.3 Å². The largest absolute Gasteiger partial charge is 0.479 e. The molecular formula is C16H15ClN2O4S. The lowest BCUT2D eigenvalue weighted by molar-refractivity contribution is -0.147. The maximum Gasteiger partial charge on any atom is 0.331 e. The molecule has 1 saturated heterocycles. The second-order valence-electron chi connectivity index (χ2n) is 5.54. The maximum atomic E-state index is 12.2. The minimum Gasteiger partial charge on any atom is -0.479 e. The molecule has 0 radical (unpaired) electrons. The summed E-state index contributed by atoms with van der Waals surface area (Å²) >= 11 is 7.54. The number of hydrogen-bond acceptors (Lipinski definition) is 5. The third-order valence-electron chi connectivity index (χ3n) is 3.81. The zero-order valence-electron chi connectivity index (χ0n) is 12.6. The molecule has 1 aromatic carbocycles. The number of nitrogens with zero attached hydrogens (tertiary/aromatic N) is 1. The quantitative estimate of drug-likeness (QED) is 0.848. The Morgan fingerprint density at radius 3 is 2.88 bits per heavy atom. The number of carboxylic acids is 1. The highest BCUT2D eigenvalue weighted by Gasteiger charge is 2.43. The first-order valence-corrected chi connectivity index (χ1v) is 8.57. The average molecular weight is 367 g/mol. The summed E-state index contributed by atoms with van der Waals surface area (Å²) in [5.74, 6) is -1.47. The fourth-order valence-electron chi connectivity index (χ4n) is 2.51. The van der Waals surface area contributed by atoms with E-state index in [-0.39, 0.29) is 25.4 Å². The van der Waals surface area contributed by atoms with E-state index < -0.39 is 11.5 Å². The molecule has 0 bridgehead atoms. The molecule has 24 heavy (non-hydrogen) atoms. The predicted molar refractivity (Wildman–Crippen MR) is 90.2 cm³/mol. The molecule has 1 unspecified atom stereocenters. The van der Waals surface area contributed by atoms with Gasteiger partial charge in [-0.15, -0.1) is 11.3 Å². The van der Waals surface area contributed by atoms with Crippen molar-refractivity contribution in [3.63, 3.8) is 0 Å². The van der Waals surface area contributed by atoms with Crippen LogP contribution >= 0.6 is 22.9 Å². The predicted octanol–water partition coefficient (Wildman–Crippen LogP) is 2.37. The van der Waals surface area contributed by atoms with Crippen LogP contribution in [0.4, 0.5) is 0 Å². The molecule has 0 saturated carbocycles. The standard InChI is InChI=1S/C16H15ClN2O4S/c17-12-4-2-1-3-11(12)14-18-10(8-24-14)7-13(20)19-16(15(21)22)5-6-23-9-16/h1-4,8H,5-7,9H2,(H,19,20)(H,21,22). The molecule has 0 aliphatic carbocycles. The summed E-state index contributed by atoms with van der Waals surface area (Å²) in [5.41, 5.74) is 0.0486. The Balaban J connectivity index is 1.70. The minimum absolute atomic E-state index is 0.00990. The van der Waals surface area contributed by atoms with E-state index in [0.717, 1.165) is 10.6 Å². The molecule has 0 spiro atoms. The molecule has 3 rings (SSSR count). The molecule has 2 aromatic rings. The number of aromatic nitrogens is 1. The zero-order valence-corrected chi connectivity index (χ0v) is 14.2. The van der Waals surface area contributed by atoms with Gasteiger partial charge in [0.25, 0.3) is 0 Å². The molecule has 1 amide bonds. The van der Waals surface area contributed by atoms with Gasteiger partial charge in [0, 0.05) is 24.0 Å². The third-order valence-corrected chi connectivity index (χ3v) is 5.06. The Morgan fingerprint density at radius 2 is 2.21 bits per heavy atom. The van der Waals surface area contributed by atoms with Gasteiger partial charge in [0.05, 0.1) is 23.7 Å². The average Bonchev–Trinajstić information content (AvgIpc) is 3.18. The van der Waals surface area contributed by atoms with Crippen molar-refractivity contribution in [1.82, 2.24) is 10.3 Å². The summed E-state index contributed by atoms with van der Waals surface area (Å²) in [6.45, 7) is 0.302. The number of amides is 1. The monoisotopic (exact) mass is 366 g/mol. The number of carboxylic acid groups (broad SMARTS) is 1. The molecule has 1 aromatic heterocycles. The number of hydrogen-bond donors (Lipinski definition) is 2.